The van der Waals surface area contributed by atoms with Crippen LogP contribution in [0, 0.1) is 88.8 Å². The summed E-state index contributed by atoms with van der Waals surface area (Å²) in [5.74, 6) is -1.04. The van der Waals surface area contributed by atoms with Gasteiger partial charge in [0, 0.05) is 25.4 Å². The molecule has 0 saturated heterocycles. The van der Waals surface area contributed by atoms with Gasteiger partial charge >= 0.3 is 35.8 Å². The molecule has 27 nitrogen and oxygen atoms in total. The number of aliphatic carboxylic acids is 3. The number of methoxy groups -OCH3 is 1. The number of Topliss-reactive ketones (excluding diaryl/α,β-unsaturated/α-hetero) is 1. The molecule has 6 fully saturated rings. The number of carboxylic acid groups (broad SMARTS) is 3. The fourth-order valence-corrected chi connectivity index (χ4v) is 25.0. The Bertz CT molecular complexity index is 4220. The predicted octanol–water partition coefficient (Wildman–Crippen LogP) is 17.8. The molecule has 12 rings (SSSR count). The van der Waals surface area contributed by atoms with Gasteiger partial charge in [0.15, 0.2) is 19.8 Å². The van der Waals surface area contributed by atoms with Crippen molar-refractivity contribution in [3.8, 4) is 17.2 Å². The van der Waals surface area contributed by atoms with E-state index in [1.807, 2.05) is 43.4 Å². The quantitative estimate of drug-likeness (QED) is 0.0142. The Morgan fingerprint density at radius 1 is 0.411 bits per heavy atom. The maximum atomic E-state index is 13.9. The number of carbonyl (C=O) groups excluding carboxylic acids is 6. The van der Waals surface area contributed by atoms with E-state index in [-0.39, 0.29) is 127 Å². The van der Waals surface area contributed by atoms with E-state index in [2.05, 4.69) is 59.7 Å². The van der Waals surface area contributed by atoms with Crippen molar-refractivity contribution in [2.75, 3.05) is 66.7 Å². The standard InChI is InChI=1S/2C37H58N2O7.C24H36O5.C16H29NO3/c1-2-3-6-13-27(46-37(44)30-15-8-7-14-29(30)36(43)39-20-10-5-4-9-19-38)17-18-28-31-21-25-12-11-16-34(45-24-35(41)42)32(25)22-26(31)23-33(28)40;1-2-3-6-13-27(40)17-18-28-31-21-25-12-11-16-33(45-24-35(41)42)32(25)22-26(31)23-34(28)46-37(44)30-15-8-7-14-29(30)36(43)39-20-10-5-4-9-19-38;1-3-4-5-8-18(25)10-11-19-20-12-16-7-6-9-23(29-15-24(27)28-2)21(16)13-17(20)14-22(19)26;1-17-12-8-4-2-3-5-11-15(18)13-9-6-7-10-14(13)16(19)20/h11-12,16,26-31,33,40H,2-10,13-15,17-24,38H2,1H3,(H,39,43)(H,41,42);11-12,16,26-31,34,40H,2-10,13-15,17-24,38H2,1H3,(H,39,43)(H,41,42);6-7,9,17-20,22,25-26H,3-5,8,10-15H2,1-2H3;13-14,17H,2-12H2,1H3,(H,19,20)/t26-,27-,28+,29?,30?,31-,33+;26-,27-,28+,29?,30?,31-,34+;17-,18-,19+,20-,22+;/m000./s1. The highest BCUT2D eigenvalue weighted by atomic mass is 16.6. The zero-order valence-electron chi connectivity index (χ0n) is 86.4. The first-order valence-electron chi connectivity index (χ1n) is 55.5. The van der Waals surface area contributed by atoms with Crippen LogP contribution in [-0.2, 0) is 95.9 Å². The van der Waals surface area contributed by atoms with E-state index in [1.165, 1.54) is 55.9 Å². The van der Waals surface area contributed by atoms with Gasteiger partial charge in [-0.15, -0.1) is 0 Å². The van der Waals surface area contributed by atoms with Gasteiger partial charge in [-0.3, -0.25) is 28.8 Å². The van der Waals surface area contributed by atoms with Crippen LogP contribution in [0.5, 0.6) is 17.2 Å². The second-order valence-electron chi connectivity index (χ2n) is 42.7. The van der Waals surface area contributed by atoms with Gasteiger partial charge in [0.2, 0.25) is 11.8 Å². The van der Waals surface area contributed by atoms with Gasteiger partial charge in [0.05, 0.1) is 61.1 Å². The SMILES string of the molecule is CCCCC[C@@H](CC[C@@H]1[C@H]2Cc3cccc(OCC(=O)O)c3C[C@H]2C[C@H]1O)OC(=O)C1CCCCC1C(=O)NCCCCCCN.CCCCC[C@H](O)CC[C@@H]1[C@H]2Cc3cccc(OCC(=O)O)c3C[C@H]2C[C@H]1OC(=O)C1CCCCC1C(=O)NCCCCCCN.CCCCC[C@H](O)CC[C@@H]1[C@H]2Cc3cccc(OCC(=O)OC)c3C[C@H]2C[C@H]1O.CNCCCCCCCC(=O)C1CCCCC1C(=O)O. The topological polar surface area (TPSA) is 439 Å². The van der Waals surface area contributed by atoms with Crippen LogP contribution in [0.1, 0.15) is 356 Å². The summed E-state index contributed by atoms with van der Waals surface area (Å²) < 4.78 is 34.3. The molecule has 0 aromatic heterocycles. The number of rotatable bonds is 58. The molecule has 9 aliphatic rings. The van der Waals surface area contributed by atoms with Crippen molar-refractivity contribution in [3.63, 3.8) is 0 Å². The molecule has 141 heavy (non-hydrogen) atoms. The highest BCUT2D eigenvalue weighted by Crippen LogP contribution is 2.53. The number of carbonyl (C=O) groups is 9. The number of benzene rings is 3. The normalized spacial score (nSPS) is 25.7. The number of unbranched alkanes of at least 4 members (excludes halogenated alkanes) is 16. The summed E-state index contributed by atoms with van der Waals surface area (Å²) in [5.41, 5.74) is 18.1. The Kier molecular flexibility index (Phi) is 53.2. The number of nitrogens with two attached hydrogens (primary N) is 2. The third-order valence-electron chi connectivity index (χ3n) is 32.8. The van der Waals surface area contributed by atoms with Crippen molar-refractivity contribution < 1.29 is 107 Å². The first-order valence-corrected chi connectivity index (χ1v) is 55.5. The summed E-state index contributed by atoms with van der Waals surface area (Å²) in [4.78, 5) is 111. The van der Waals surface area contributed by atoms with Crippen LogP contribution in [0.2, 0.25) is 0 Å². The molecule has 3 aromatic carbocycles. The molecule has 794 valence electrons. The van der Waals surface area contributed by atoms with Crippen LogP contribution < -0.4 is 41.6 Å². The Hall–Kier alpha value is -7.79. The van der Waals surface area contributed by atoms with Crippen molar-refractivity contribution in [1.82, 2.24) is 16.0 Å². The molecular formula is C114H181N5O22. The first kappa shape index (κ1) is 117. The smallest absolute Gasteiger partial charge is 0.343 e. The maximum Gasteiger partial charge on any atom is 0.343 e. The van der Waals surface area contributed by atoms with Crippen molar-refractivity contribution in [2.24, 2.45) is 100 Å². The van der Waals surface area contributed by atoms with Gasteiger partial charge in [0.25, 0.3) is 0 Å². The summed E-state index contributed by atoms with van der Waals surface area (Å²) in [5, 5.41) is 79.8. The molecule has 14 N–H and O–H groups in total. The number of nitrogens with one attached hydrogen (secondary N) is 3. The fourth-order valence-electron chi connectivity index (χ4n) is 25.0. The minimum Gasteiger partial charge on any atom is -0.482 e. The van der Waals surface area contributed by atoms with Crippen molar-refractivity contribution in [2.45, 2.75) is 398 Å². The minimum atomic E-state index is -1.01. The lowest BCUT2D eigenvalue weighted by molar-refractivity contribution is -0.162. The molecule has 21 atom stereocenters. The lowest BCUT2D eigenvalue weighted by Crippen LogP contribution is -2.42. The van der Waals surface area contributed by atoms with E-state index >= 15 is 0 Å². The van der Waals surface area contributed by atoms with Crippen molar-refractivity contribution in [3.05, 3.63) is 88.0 Å². The lowest BCUT2D eigenvalue weighted by atomic mass is 9.73. The third-order valence-corrected chi connectivity index (χ3v) is 32.8. The highest BCUT2D eigenvalue weighted by Gasteiger charge is 2.51. The Labute approximate surface area is 842 Å². The third kappa shape index (κ3) is 37.9. The summed E-state index contributed by atoms with van der Waals surface area (Å²) >= 11 is 0. The molecule has 0 bridgehead atoms. The monoisotopic (exact) mass is 1970 g/mol. The highest BCUT2D eigenvalue weighted by molar-refractivity contribution is 5.87. The summed E-state index contributed by atoms with van der Waals surface area (Å²) in [6, 6.07) is 17.7. The number of amides is 2. The lowest BCUT2D eigenvalue weighted by Gasteiger charge is -2.33. The van der Waals surface area contributed by atoms with Crippen LogP contribution in [-0.4, -0.2) is 192 Å². The Morgan fingerprint density at radius 3 is 1.25 bits per heavy atom. The van der Waals surface area contributed by atoms with Crippen molar-refractivity contribution in [1.29, 1.82) is 0 Å². The second-order valence-corrected chi connectivity index (χ2v) is 42.7. The van der Waals surface area contributed by atoms with Crippen LogP contribution in [0.15, 0.2) is 54.6 Å². The molecule has 0 aliphatic heterocycles. The number of hydrogen-bond acceptors (Lipinski definition) is 22. The van der Waals surface area contributed by atoms with Gasteiger partial charge in [-0.2, -0.15) is 0 Å². The summed E-state index contributed by atoms with van der Waals surface area (Å²) in [6.07, 6.45) is 46.5. The van der Waals surface area contributed by atoms with Gasteiger partial charge < -0.3 is 91.6 Å². The molecule has 0 spiro atoms. The van der Waals surface area contributed by atoms with Gasteiger partial charge in [0.1, 0.15) is 35.2 Å². The number of esters is 3. The molecule has 2 amide bonds. The van der Waals surface area contributed by atoms with E-state index < -0.39 is 41.8 Å². The summed E-state index contributed by atoms with van der Waals surface area (Å²) in [7, 11) is 3.32. The molecule has 6 unspecified atom stereocenters. The molecule has 9 aliphatic carbocycles. The summed E-state index contributed by atoms with van der Waals surface area (Å²) in [6.45, 7) is 9.37. The Morgan fingerprint density at radius 2 is 0.801 bits per heavy atom. The largest absolute Gasteiger partial charge is 0.482 e. The van der Waals surface area contributed by atoms with Crippen molar-refractivity contribution >= 4 is 53.4 Å². The number of ketones is 1. The zero-order chi connectivity index (χ0) is 101. The molecule has 6 saturated carbocycles. The van der Waals surface area contributed by atoms with Crippen LogP contribution in [0.3, 0.4) is 0 Å². The van der Waals surface area contributed by atoms with Gasteiger partial charge in [-0.05, 0) is 331 Å². The Balaban J connectivity index is 0.000000220. The molecule has 27 heteroatoms. The first-order chi connectivity index (χ1) is 68.3. The molecule has 0 radical (unpaired) electrons. The number of aliphatic hydroxyl groups is 4. The average molecular weight is 1970 g/mol. The number of aliphatic hydroxyl groups excluding tert-OH is 4. The molecular weight excluding hydrogens is 1790 g/mol. The van der Waals surface area contributed by atoms with E-state index in [9.17, 15) is 73.8 Å². The number of hydrogen-bond donors (Lipinski definition) is 12. The number of fused-ring (bicyclic) bond motifs is 6. The van der Waals surface area contributed by atoms with E-state index in [0.717, 1.165) is 286 Å². The number of ether oxygens (including phenoxy) is 6. The van der Waals surface area contributed by atoms with E-state index in [4.69, 9.17) is 40.3 Å². The number of carboxylic acids is 3. The van der Waals surface area contributed by atoms with E-state index in [0.29, 0.717) is 119 Å². The molecule has 0 heterocycles. The van der Waals surface area contributed by atoms with Gasteiger partial charge in [-0.25, -0.2) is 14.4 Å². The van der Waals surface area contributed by atoms with Crippen LogP contribution >= 0.6 is 0 Å². The minimum absolute atomic E-state index is 0.0165. The zero-order valence-corrected chi connectivity index (χ0v) is 86.4. The predicted molar refractivity (Wildman–Crippen MR) is 546 cm³/mol. The van der Waals surface area contributed by atoms with Crippen LogP contribution in [0.25, 0.3) is 0 Å². The average Bonchev–Trinajstić information content (AvgIpc) is 1.65. The van der Waals surface area contributed by atoms with E-state index in [1.54, 1.807) is 0 Å². The maximum absolute atomic E-state index is 13.9. The van der Waals surface area contributed by atoms with Crippen LogP contribution in [0.4, 0.5) is 0 Å². The molecule has 3 aromatic rings. The van der Waals surface area contributed by atoms with Gasteiger partial charge in [-0.1, -0.05) is 192 Å². The fraction of sp³-hybridized carbons (Fsp3) is 0.763. The second kappa shape index (κ2) is 64.3.